The molecule has 2 heterocycles. The van der Waals surface area contributed by atoms with Crippen molar-refractivity contribution < 1.29 is 13.9 Å². The van der Waals surface area contributed by atoms with E-state index in [2.05, 4.69) is 15.3 Å². The van der Waals surface area contributed by atoms with Crippen molar-refractivity contribution in [3.63, 3.8) is 0 Å². The number of aromatic nitrogens is 2. The van der Waals surface area contributed by atoms with Crippen molar-refractivity contribution in [1.29, 1.82) is 0 Å². The molecule has 0 atom stereocenters. The first-order chi connectivity index (χ1) is 13.7. The van der Waals surface area contributed by atoms with E-state index in [1.165, 1.54) is 23.1 Å². The van der Waals surface area contributed by atoms with Gasteiger partial charge < -0.3 is 14.5 Å². The summed E-state index contributed by atoms with van der Waals surface area (Å²) < 4.78 is 11.1. The molecule has 0 aliphatic carbocycles. The number of nitrogens with zero attached hydrogens (tertiary/aromatic N) is 2. The molecular weight excluding hydrogens is 394 g/mol. The average Bonchev–Trinajstić information content (AvgIpc) is 3.34. The van der Waals surface area contributed by atoms with Gasteiger partial charge in [0.1, 0.15) is 11.3 Å². The zero-order valence-corrected chi connectivity index (χ0v) is 16.7. The monoisotopic (exact) mass is 411 g/mol. The Hall–Kier alpha value is -2.84. The number of oxazole rings is 1. The van der Waals surface area contributed by atoms with Gasteiger partial charge in [-0.15, -0.1) is 11.3 Å². The first-order valence-corrected chi connectivity index (χ1v) is 10.5. The molecule has 2 aromatic heterocycles. The molecule has 4 rings (SSSR count). The van der Waals surface area contributed by atoms with E-state index in [9.17, 15) is 4.79 Å². The fourth-order valence-corrected chi connectivity index (χ4v) is 3.92. The smallest absolute Gasteiger partial charge is 0.257 e. The molecule has 0 spiro atoms. The predicted octanol–water partition coefficient (Wildman–Crippen LogP) is 5.08. The molecule has 1 amide bonds. The van der Waals surface area contributed by atoms with Gasteiger partial charge in [-0.3, -0.25) is 4.79 Å². The van der Waals surface area contributed by atoms with Crippen LogP contribution in [0.25, 0.3) is 22.4 Å². The Bertz CT molecular complexity index is 1060. The molecule has 0 saturated heterocycles. The number of benzene rings is 2. The van der Waals surface area contributed by atoms with Crippen LogP contribution in [-0.4, -0.2) is 28.2 Å². The number of anilines is 1. The third kappa shape index (κ3) is 4.35. The van der Waals surface area contributed by atoms with Crippen LogP contribution in [0, 0.1) is 0 Å². The van der Waals surface area contributed by atoms with Gasteiger partial charge in [0.15, 0.2) is 10.7 Å². The number of hydrogen-bond donors (Lipinski definition) is 1. The number of carbonyl (C=O) groups is 1. The Morgan fingerprint density at radius 2 is 2.00 bits per heavy atom. The molecule has 0 aliphatic heterocycles. The van der Waals surface area contributed by atoms with Crippen LogP contribution >= 0.6 is 23.1 Å². The van der Waals surface area contributed by atoms with Crippen LogP contribution in [0.15, 0.2) is 63.6 Å². The number of hydrogen-bond acceptors (Lipinski definition) is 7. The fraction of sp³-hybridized carbons (Fsp3) is 0.150. The molecular formula is C20H17N3O3S2. The van der Waals surface area contributed by atoms with Crippen LogP contribution in [0.1, 0.15) is 6.92 Å². The number of thioether (sulfide) groups is 1. The van der Waals surface area contributed by atoms with Gasteiger partial charge >= 0.3 is 0 Å². The van der Waals surface area contributed by atoms with E-state index < -0.39 is 0 Å². The quantitative estimate of drug-likeness (QED) is 0.427. The van der Waals surface area contributed by atoms with Crippen molar-refractivity contribution in [3.8, 4) is 17.0 Å². The maximum atomic E-state index is 12.2. The molecule has 142 valence electrons. The second kappa shape index (κ2) is 8.45. The van der Waals surface area contributed by atoms with Gasteiger partial charge in [0.25, 0.3) is 5.22 Å². The Morgan fingerprint density at radius 1 is 1.18 bits per heavy atom. The Morgan fingerprint density at radius 3 is 2.79 bits per heavy atom. The van der Waals surface area contributed by atoms with Crippen molar-refractivity contribution in [1.82, 2.24) is 9.97 Å². The maximum absolute atomic E-state index is 12.2. The molecule has 28 heavy (non-hydrogen) atoms. The molecule has 6 nitrogen and oxygen atoms in total. The van der Waals surface area contributed by atoms with E-state index in [1.54, 1.807) is 0 Å². The van der Waals surface area contributed by atoms with Gasteiger partial charge in [-0.05, 0) is 43.3 Å². The van der Waals surface area contributed by atoms with Crippen LogP contribution in [0.3, 0.4) is 0 Å². The normalized spacial score (nSPS) is 10.9. The summed E-state index contributed by atoms with van der Waals surface area (Å²) >= 11 is 2.65. The molecule has 4 aromatic rings. The van der Waals surface area contributed by atoms with Crippen LogP contribution < -0.4 is 10.1 Å². The minimum Gasteiger partial charge on any atom is -0.494 e. The third-order valence-corrected chi connectivity index (χ3v) is 5.40. The number of amides is 1. The number of rotatable bonds is 7. The number of thiazole rings is 1. The Labute approximate surface area is 170 Å². The van der Waals surface area contributed by atoms with Gasteiger partial charge in [-0.25, -0.2) is 9.97 Å². The van der Waals surface area contributed by atoms with Crippen LogP contribution in [0.2, 0.25) is 0 Å². The van der Waals surface area contributed by atoms with E-state index in [0.717, 1.165) is 22.5 Å². The highest BCUT2D eigenvalue weighted by molar-refractivity contribution is 7.99. The van der Waals surface area contributed by atoms with E-state index >= 15 is 0 Å². The topological polar surface area (TPSA) is 77.2 Å². The molecule has 0 radical (unpaired) electrons. The highest BCUT2D eigenvalue weighted by Crippen LogP contribution is 2.27. The van der Waals surface area contributed by atoms with Crippen LogP contribution in [0.5, 0.6) is 5.75 Å². The van der Waals surface area contributed by atoms with Crippen molar-refractivity contribution in [3.05, 3.63) is 53.9 Å². The Balaban J connectivity index is 1.34. The summed E-state index contributed by atoms with van der Waals surface area (Å²) in [5, 5.41) is 5.78. The summed E-state index contributed by atoms with van der Waals surface area (Å²) in [6.07, 6.45) is 0. The van der Waals surface area contributed by atoms with Gasteiger partial charge in [-0.2, -0.15) is 0 Å². The molecule has 8 heteroatoms. The second-order valence-electron chi connectivity index (χ2n) is 5.78. The number of carbonyl (C=O) groups excluding carboxylic acids is 1. The van der Waals surface area contributed by atoms with Crippen LogP contribution in [0.4, 0.5) is 5.13 Å². The maximum Gasteiger partial charge on any atom is 0.257 e. The minimum atomic E-state index is -0.153. The first-order valence-electron chi connectivity index (χ1n) is 8.68. The molecule has 0 fully saturated rings. The van der Waals surface area contributed by atoms with Crippen LogP contribution in [-0.2, 0) is 4.79 Å². The molecule has 0 unspecified atom stereocenters. The standard InChI is InChI=1S/C20H17N3O3S2/c1-2-25-14-9-7-13(8-10-14)16-11-27-19(21-16)23-18(24)12-28-20-22-15-5-3-4-6-17(15)26-20/h3-11H,2,12H2,1H3,(H,21,23,24). The summed E-state index contributed by atoms with van der Waals surface area (Å²) in [7, 11) is 0. The lowest BCUT2D eigenvalue weighted by Gasteiger charge is -2.03. The predicted molar refractivity (Wildman–Crippen MR) is 112 cm³/mol. The zero-order valence-electron chi connectivity index (χ0n) is 15.0. The van der Waals surface area contributed by atoms with E-state index in [4.69, 9.17) is 9.15 Å². The fourth-order valence-electron chi connectivity index (χ4n) is 2.55. The molecule has 0 saturated carbocycles. The van der Waals surface area contributed by atoms with Crippen molar-refractivity contribution in [2.75, 3.05) is 17.7 Å². The summed E-state index contributed by atoms with van der Waals surface area (Å²) in [5.41, 5.74) is 3.28. The number of nitrogens with one attached hydrogen (secondary N) is 1. The van der Waals surface area contributed by atoms with Gasteiger partial charge in [0.05, 0.1) is 18.1 Å². The highest BCUT2D eigenvalue weighted by atomic mass is 32.2. The largest absolute Gasteiger partial charge is 0.494 e. The second-order valence-corrected chi connectivity index (χ2v) is 7.56. The number of fused-ring (bicyclic) bond motifs is 1. The van der Waals surface area contributed by atoms with E-state index in [1.807, 2.05) is 60.8 Å². The van der Waals surface area contributed by atoms with E-state index in [-0.39, 0.29) is 11.7 Å². The van der Waals surface area contributed by atoms with Gasteiger partial charge in [0.2, 0.25) is 5.91 Å². The first kappa shape index (κ1) is 18.5. The summed E-state index contributed by atoms with van der Waals surface area (Å²) in [5.74, 6) is 0.871. The lowest BCUT2D eigenvalue weighted by Crippen LogP contribution is -2.13. The Kier molecular flexibility index (Phi) is 5.59. The van der Waals surface area contributed by atoms with E-state index in [0.29, 0.717) is 22.5 Å². The zero-order chi connectivity index (χ0) is 19.3. The van der Waals surface area contributed by atoms with Crippen molar-refractivity contribution in [2.24, 2.45) is 0 Å². The highest BCUT2D eigenvalue weighted by Gasteiger charge is 2.11. The SMILES string of the molecule is CCOc1ccc(-c2csc(NC(=O)CSc3nc4ccccc4o3)n2)cc1. The number of para-hydroxylation sites is 2. The van der Waals surface area contributed by atoms with Gasteiger partial charge in [0, 0.05) is 10.9 Å². The minimum absolute atomic E-state index is 0.153. The lowest BCUT2D eigenvalue weighted by atomic mass is 10.2. The summed E-state index contributed by atoms with van der Waals surface area (Å²) in [4.78, 5) is 21.0. The van der Waals surface area contributed by atoms with Crippen molar-refractivity contribution >= 4 is 45.2 Å². The summed E-state index contributed by atoms with van der Waals surface area (Å²) in [6, 6.07) is 15.2. The molecule has 0 aliphatic rings. The summed E-state index contributed by atoms with van der Waals surface area (Å²) in [6.45, 7) is 2.58. The van der Waals surface area contributed by atoms with Gasteiger partial charge in [-0.1, -0.05) is 23.9 Å². The average molecular weight is 412 g/mol. The number of ether oxygens (including phenoxy) is 1. The molecule has 0 bridgehead atoms. The molecule has 1 N–H and O–H groups in total. The third-order valence-electron chi connectivity index (χ3n) is 3.81. The van der Waals surface area contributed by atoms with Crippen molar-refractivity contribution in [2.45, 2.75) is 12.1 Å². The lowest BCUT2D eigenvalue weighted by molar-refractivity contribution is -0.113. The molecule has 2 aromatic carbocycles.